The summed E-state index contributed by atoms with van der Waals surface area (Å²) in [5.74, 6) is -0.155. The van der Waals surface area contributed by atoms with Gasteiger partial charge < -0.3 is 5.32 Å². The predicted octanol–water partition coefficient (Wildman–Crippen LogP) is 4.38. The van der Waals surface area contributed by atoms with E-state index >= 15 is 0 Å². The number of hydrogen-bond donors (Lipinski definition) is 2. The summed E-state index contributed by atoms with van der Waals surface area (Å²) in [6, 6.07) is 13.6. The molecule has 2 aromatic carbocycles. The summed E-state index contributed by atoms with van der Waals surface area (Å²) in [6.45, 7) is 1.76. The van der Waals surface area contributed by atoms with Crippen LogP contribution in [0.2, 0.25) is 0 Å². The normalized spacial score (nSPS) is 16.8. The van der Waals surface area contributed by atoms with Gasteiger partial charge in [0, 0.05) is 12.1 Å². The highest BCUT2D eigenvalue weighted by Crippen LogP contribution is 2.31. The minimum absolute atomic E-state index is 0.155. The van der Waals surface area contributed by atoms with Gasteiger partial charge in [0.25, 0.3) is 0 Å². The van der Waals surface area contributed by atoms with E-state index in [1.54, 1.807) is 13.0 Å². The monoisotopic (exact) mass is 362 g/mol. The Morgan fingerprint density at radius 1 is 1.04 bits per heavy atom. The van der Waals surface area contributed by atoms with Crippen molar-refractivity contribution >= 4 is 5.91 Å². The predicted molar refractivity (Wildman–Crippen MR) is 93.3 cm³/mol. The number of carbonyl (C=O) groups excluding carboxylic acids is 1. The Labute approximate surface area is 150 Å². The number of benzene rings is 2. The van der Waals surface area contributed by atoms with Gasteiger partial charge in [-0.1, -0.05) is 42.5 Å². The van der Waals surface area contributed by atoms with E-state index in [0.29, 0.717) is 5.56 Å². The highest BCUT2D eigenvalue weighted by molar-refractivity contribution is 5.83. The van der Waals surface area contributed by atoms with E-state index in [4.69, 9.17) is 0 Å². The molecule has 1 amide bonds. The van der Waals surface area contributed by atoms with Gasteiger partial charge in [0.05, 0.1) is 5.56 Å². The second-order valence-corrected chi connectivity index (χ2v) is 6.64. The average molecular weight is 362 g/mol. The van der Waals surface area contributed by atoms with Crippen molar-refractivity contribution in [1.29, 1.82) is 0 Å². The molecule has 2 unspecified atom stereocenters. The molecule has 3 nitrogen and oxygen atoms in total. The molecule has 2 atom stereocenters. The molecule has 2 N–H and O–H groups in total. The molecule has 2 aromatic rings. The largest absolute Gasteiger partial charge is 0.416 e. The van der Waals surface area contributed by atoms with Crippen molar-refractivity contribution < 1.29 is 18.0 Å². The Hall–Kier alpha value is -2.34. The molecule has 0 heterocycles. The van der Waals surface area contributed by atoms with E-state index in [9.17, 15) is 18.0 Å². The number of halogens is 3. The number of carbonyl (C=O) groups is 1. The van der Waals surface area contributed by atoms with Gasteiger partial charge in [-0.2, -0.15) is 13.2 Å². The first-order chi connectivity index (χ1) is 12.3. The second kappa shape index (κ2) is 7.50. The fraction of sp³-hybridized carbons (Fsp3) is 0.350. The highest BCUT2D eigenvalue weighted by Gasteiger charge is 2.32. The van der Waals surface area contributed by atoms with Crippen molar-refractivity contribution in [2.45, 2.75) is 44.1 Å². The first-order valence-corrected chi connectivity index (χ1v) is 8.63. The summed E-state index contributed by atoms with van der Waals surface area (Å²) in [4.78, 5) is 12.6. The summed E-state index contributed by atoms with van der Waals surface area (Å²) in [7, 11) is 0. The fourth-order valence-corrected chi connectivity index (χ4v) is 2.81. The number of alkyl halides is 3. The lowest BCUT2D eigenvalue weighted by Gasteiger charge is -2.24. The van der Waals surface area contributed by atoms with Crippen LogP contribution in [0.1, 0.15) is 48.5 Å². The lowest BCUT2D eigenvalue weighted by molar-refractivity contribution is -0.137. The van der Waals surface area contributed by atoms with E-state index in [-0.39, 0.29) is 11.9 Å². The lowest BCUT2D eigenvalue weighted by atomic mass is 10.0. The van der Waals surface area contributed by atoms with Crippen molar-refractivity contribution in [2.75, 3.05) is 0 Å². The first-order valence-electron chi connectivity index (χ1n) is 8.63. The molecule has 1 aliphatic rings. The van der Waals surface area contributed by atoms with Gasteiger partial charge in [-0.3, -0.25) is 10.1 Å². The maximum atomic E-state index is 13.0. The Bertz CT molecular complexity index is 757. The number of nitrogens with one attached hydrogen (secondary N) is 2. The van der Waals surface area contributed by atoms with E-state index in [1.807, 2.05) is 30.3 Å². The van der Waals surface area contributed by atoms with E-state index < -0.39 is 23.8 Å². The van der Waals surface area contributed by atoms with Crippen LogP contribution in [0.5, 0.6) is 0 Å². The zero-order chi connectivity index (χ0) is 18.7. The van der Waals surface area contributed by atoms with Gasteiger partial charge in [-0.15, -0.1) is 0 Å². The third-order valence-corrected chi connectivity index (χ3v) is 4.45. The van der Waals surface area contributed by atoms with Crippen LogP contribution in [0.25, 0.3) is 0 Å². The van der Waals surface area contributed by atoms with Crippen molar-refractivity contribution in [3.05, 3.63) is 71.3 Å². The number of rotatable bonds is 6. The van der Waals surface area contributed by atoms with E-state index in [1.165, 1.54) is 6.07 Å². The van der Waals surface area contributed by atoms with Crippen LogP contribution in [0.15, 0.2) is 54.6 Å². The van der Waals surface area contributed by atoms with Crippen molar-refractivity contribution in [3.8, 4) is 0 Å². The topological polar surface area (TPSA) is 41.1 Å². The molecule has 0 aromatic heterocycles. The van der Waals surface area contributed by atoms with E-state index in [0.717, 1.165) is 30.5 Å². The van der Waals surface area contributed by atoms with Gasteiger partial charge >= 0.3 is 6.18 Å². The smallest absolute Gasteiger partial charge is 0.352 e. The number of amides is 1. The summed E-state index contributed by atoms with van der Waals surface area (Å²) in [5.41, 5.74) is 0.576. The molecule has 1 saturated carbocycles. The Balaban J connectivity index is 1.80. The fourth-order valence-electron chi connectivity index (χ4n) is 2.81. The number of hydrogen-bond acceptors (Lipinski definition) is 2. The minimum Gasteiger partial charge on any atom is -0.352 e. The van der Waals surface area contributed by atoms with Crippen LogP contribution in [-0.2, 0) is 11.0 Å². The molecule has 138 valence electrons. The maximum absolute atomic E-state index is 13.0. The minimum atomic E-state index is -4.39. The third kappa shape index (κ3) is 4.64. The molecule has 0 aliphatic heterocycles. The van der Waals surface area contributed by atoms with Gasteiger partial charge in [-0.05, 0) is 43.0 Å². The van der Waals surface area contributed by atoms with Crippen LogP contribution >= 0.6 is 0 Å². The zero-order valence-electron chi connectivity index (χ0n) is 14.4. The van der Waals surface area contributed by atoms with Crippen molar-refractivity contribution in [2.24, 2.45) is 0 Å². The van der Waals surface area contributed by atoms with Crippen molar-refractivity contribution in [1.82, 2.24) is 10.6 Å². The molecule has 0 spiro atoms. The molecule has 0 saturated heterocycles. The molecular formula is C20H21F3N2O. The summed E-state index contributed by atoms with van der Waals surface area (Å²) in [6.07, 6.45) is -2.45. The summed E-state index contributed by atoms with van der Waals surface area (Å²) >= 11 is 0. The first kappa shape index (κ1) is 18.5. The Morgan fingerprint density at radius 3 is 2.31 bits per heavy atom. The van der Waals surface area contributed by atoms with Gasteiger partial charge in [-0.25, -0.2) is 0 Å². The molecule has 26 heavy (non-hydrogen) atoms. The summed E-state index contributed by atoms with van der Waals surface area (Å²) in [5, 5.41) is 6.15. The molecule has 0 bridgehead atoms. The zero-order valence-corrected chi connectivity index (χ0v) is 14.4. The average Bonchev–Trinajstić information content (AvgIpc) is 3.43. The molecule has 1 aliphatic carbocycles. The molecule has 3 rings (SSSR count). The van der Waals surface area contributed by atoms with Crippen LogP contribution in [0.4, 0.5) is 13.2 Å². The highest BCUT2D eigenvalue weighted by atomic mass is 19.4. The maximum Gasteiger partial charge on any atom is 0.416 e. The van der Waals surface area contributed by atoms with Gasteiger partial charge in [0.15, 0.2) is 0 Å². The van der Waals surface area contributed by atoms with Gasteiger partial charge in [0.1, 0.15) is 6.04 Å². The lowest BCUT2D eigenvalue weighted by Crippen LogP contribution is -2.39. The van der Waals surface area contributed by atoms with Crippen molar-refractivity contribution in [3.63, 3.8) is 0 Å². The van der Waals surface area contributed by atoms with Crippen LogP contribution in [0, 0.1) is 0 Å². The Morgan fingerprint density at radius 2 is 1.69 bits per heavy atom. The standard InChI is InChI=1S/C20H21F3N2O/c1-13(15-8-5-9-16(12-15)20(21,22)23)24-18(14-6-3-2-4-7-14)19(26)25-17-10-11-17/h2-9,12-13,17-18,24H,10-11H2,1H3,(H,25,26). The third-order valence-electron chi connectivity index (χ3n) is 4.45. The van der Waals surface area contributed by atoms with E-state index in [2.05, 4.69) is 10.6 Å². The quantitative estimate of drug-likeness (QED) is 0.801. The van der Waals surface area contributed by atoms with Crippen LogP contribution < -0.4 is 10.6 Å². The second-order valence-electron chi connectivity index (χ2n) is 6.64. The SMILES string of the molecule is CC(NC(C(=O)NC1CC1)c1ccccc1)c1cccc(C(F)(F)F)c1. The van der Waals surface area contributed by atoms with Crippen LogP contribution in [0.3, 0.4) is 0 Å². The molecule has 0 radical (unpaired) electrons. The Kier molecular flexibility index (Phi) is 5.32. The van der Waals surface area contributed by atoms with Crippen LogP contribution in [-0.4, -0.2) is 11.9 Å². The van der Waals surface area contributed by atoms with Gasteiger partial charge in [0.2, 0.25) is 5.91 Å². The molecular weight excluding hydrogens is 341 g/mol. The molecule has 1 fully saturated rings. The molecule has 6 heteroatoms. The summed E-state index contributed by atoms with van der Waals surface area (Å²) < 4.78 is 38.9.